The first-order valence-electron chi connectivity index (χ1n) is 8.84. The number of nitrogens with zero attached hydrogens (tertiary/aromatic N) is 3. The lowest BCUT2D eigenvalue weighted by Gasteiger charge is -2.06. The predicted octanol–water partition coefficient (Wildman–Crippen LogP) is 5.25. The quantitative estimate of drug-likeness (QED) is 0.128. The molecule has 30 heavy (non-hydrogen) atoms. The molecule has 0 aliphatic rings. The average Bonchev–Trinajstić information content (AvgIpc) is 3.22. The van der Waals surface area contributed by atoms with Crippen LogP contribution < -0.4 is 4.74 Å². The molecule has 0 aliphatic heterocycles. The molecule has 0 bridgehead atoms. The molecule has 7 nitrogen and oxygen atoms in total. The molecule has 0 atom stereocenters. The Morgan fingerprint density at radius 2 is 1.87 bits per heavy atom. The normalized spacial score (nSPS) is 10.8. The zero-order valence-electron chi connectivity index (χ0n) is 15.8. The van der Waals surface area contributed by atoms with Gasteiger partial charge in [-0.3, -0.25) is 14.9 Å². The van der Waals surface area contributed by atoms with Crippen molar-refractivity contribution in [2.45, 2.75) is 5.03 Å². The highest BCUT2D eigenvalue weighted by molar-refractivity contribution is 8.00. The molecule has 0 saturated heterocycles. The number of non-ortho nitro benzene ring substituents is 1. The van der Waals surface area contributed by atoms with Gasteiger partial charge in [0, 0.05) is 28.6 Å². The number of ketones is 1. The minimum absolute atomic E-state index is 0.0425. The number of hydrogen-bond donors (Lipinski definition) is 0. The molecule has 4 rings (SSSR count). The third-order valence-electron chi connectivity index (χ3n) is 4.48. The van der Waals surface area contributed by atoms with E-state index in [1.165, 1.54) is 53.7 Å². The lowest BCUT2D eigenvalue weighted by Crippen LogP contribution is -2.03. The van der Waals surface area contributed by atoms with Crippen molar-refractivity contribution in [2.24, 2.45) is 0 Å². The fraction of sp³-hybridized carbons (Fsp3) is 0.0952. The summed E-state index contributed by atoms with van der Waals surface area (Å²) in [5, 5.41) is 14.4. The summed E-state index contributed by atoms with van der Waals surface area (Å²) in [6.07, 6.45) is 1.50. The SMILES string of the molecule is COc1ccc(-c2csc3ncnc(SCC(=O)c4ccc([N+](=O)[O-])cc4)c23)cc1. The van der Waals surface area contributed by atoms with Gasteiger partial charge in [-0.2, -0.15) is 0 Å². The van der Waals surface area contributed by atoms with Crippen LogP contribution in [0, 0.1) is 10.1 Å². The van der Waals surface area contributed by atoms with E-state index >= 15 is 0 Å². The van der Waals surface area contributed by atoms with Gasteiger partial charge in [0.25, 0.3) is 5.69 Å². The van der Waals surface area contributed by atoms with Gasteiger partial charge in [-0.15, -0.1) is 11.3 Å². The Hall–Kier alpha value is -3.30. The number of nitro groups is 1. The second-order valence-corrected chi connectivity index (χ2v) is 8.07. The Balaban J connectivity index is 1.59. The van der Waals surface area contributed by atoms with E-state index < -0.39 is 4.92 Å². The van der Waals surface area contributed by atoms with Crippen molar-refractivity contribution in [2.75, 3.05) is 12.9 Å². The van der Waals surface area contributed by atoms with Gasteiger partial charge >= 0.3 is 0 Å². The number of Topliss-reactive ketones (excluding diaryl/α,β-unsaturated/α-hetero) is 1. The summed E-state index contributed by atoms with van der Waals surface area (Å²) >= 11 is 2.86. The van der Waals surface area contributed by atoms with E-state index in [2.05, 4.69) is 9.97 Å². The Morgan fingerprint density at radius 1 is 1.13 bits per heavy atom. The van der Waals surface area contributed by atoms with E-state index in [-0.39, 0.29) is 17.2 Å². The fourth-order valence-corrected chi connectivity index (χ4v) is 4.81. The number of carbonyl (C=O) groups is 1. The highest BCUT2D eigenvalue weighted by atomic mass is 32.2. The molecule has 0 unspecified atom stereocenters. The highest BCUT2D eigenvalue weighted by Gasteiger charge is 2.16. The van der Waals surface area contributed by atoms with E-state index in [0.29, 0.717) is 5.56 Å². The summed E-state index contributed by atoms with van der Waals surface area (Å²) in [7, 11) is 1.62. The lowest BCUT2D eigenvalue weighted by molar-refractivity contribution is -0.384. The van der Waals surface area contributed by atoms with Crippen LogP contribution in [0.2, 0.25) is 0 Å². The number of thiophene rings is 1. The van der Waals surface area contributed by atoms with Crippen molar-refractivity contribution in [3.63, 3.8) is 0 Å². The van der Waals surface area contributed by atoms with Gasteiger partial charge in [-0.1, -0.05) is 23.9 Å². The second kappa shape index (κ2) is 8.60. The maximum Gasteiger partial charge on any atom is 0.269 e. The summed E-state index contributed by atoms with van der Waals surface area (Å²) < 4.78 is 5.22. The third-order valence-corrected chi connectivity index (χ3v) is 6.35. The number of ether oxygens (including phenoxy) is 1. The van der Waals surface area contributed by atoms with Crippen molar-refractivity contribution in [3.05, 3.63) is 75.9 Å². The number of aromatic nitrogens is 2. The van der Waals surface area contributed by atoms with Crippen molar-refractivity contribution in [1.82, 2.24) is 9.97 Å². The highest BCUT2D eigenvalue weighted by Crippen LogP contribution is 2.38. The second-order valence-electron chi connectivity index (χ2n) is 6.25. The van der Waals surface area contributed by atoms with Gasteiger partial charge in [0.1, 0.15) is 21.9 Å². The number of fused-ring (bicyclic) bond motifs is 1. The summed E-state index contributed by atoms with van der Waals surface area (Å²) in [6, 6.07) is 13.4. The topological polar surface area (TPSA) is 95.2 Å². The van der Waals surface area contributed by atoms with Crippen LogP contribution in [0.5, 0.6) is 5.75 Å². The molecule has 0 spiro atoms. The lowest BCUT2D eigenvalue weighted by atomic mass is 10.1. The fourth-order valence-electron chi connectivity index (χ4n) is 2.93. The Morgan fingerprint density at radius 3 is 2.53 bits per heavy atom. The zero-order chi connectivity index (χ0) is 21.1. The number of nitro benzene ring substituents is 1. The summed E-state index contributed by atoms with van der Waals surface area (Å²) in [5.41, 5.74) is 2.40. The van der Waals surface area contributed by atoms with Crippen molar-refractivity contribution in [1.29, 1.82) is 0 Å². The molecule has 0 saturated carbocycles. The predicted molar refractivity (Wildman–Crippen MR) is 118 cm³/mol. The number of methoxy groups -OCH3 is 1. The standard InChI is InChI=1S/C21H15N3O4S2/c1-28-16-8-4-13(5-9-16)17-10-29-20-19(17)21(23-12-22-20)30-11-18(25)14-2-6-15(7-3-14)24(26)27/h2-10,12H,11H2,1H3. The largest absolute Gasteiger partial charge is 0.497 e. The summed E-state index contributed by atoms with van der Waals surface area (Å²) in [4.78, 5) is 32.4. The van der Waals surface area contributed by atoms with Crippen molar-refractivity contribution >= 4 is 44.8 Å². The molecular formula is C21H15N3O4S2. The molecule has 0 fully saturated rings. The maximum absolute atomic E-state index is 12.6. The van der Waals surface area contributed by atoms with Gasteiger partial charge < -0.3 is 4.74 Å². The molecule has 0 N–H and O–H groups in total. The molecule has 2 aromatic carbocycles. The number of rotatable bonds is 7. The first-order valence-corrected chi connectivity index (χ1v) is 10.7. The molecule has 150 valence electrons. The van der Waals surface area contributed by atoms with E-state index in [0.717, 1.165) is 32.1 Å². The van der Waals surface area contributed by atoms with Crippen molar-refractivity contribution < 1.29 is 14.5 Å². The molecule has 2 aromatic heterocycles. The van der Waals surface area contributed by atoms with E-state index in [1.807, 2.05) is 29.6 Å². The van der Waals surface area contributed by atoms with Gasteiger partial charge in [0.05, 0.1) is 23.2 Å². The number of benzene rings is 2. The van der Waals surface area contributed by atoms with Gasteiger partial charge in [0.2, 0.25) is 0 Å². The molecule has 4 aromatic rings. The average molecular weight is 438 g/mol. The van der Waals surface area contributed by atoms with Crippen LogP contribution in [0.1, 0.15) is 10.4 Å². The molecule has 0 radical (unpaired) electrons. The maximum atomic E-state index is 12.6. The Labute approximate surface area is 179 Å². The van der Waals surface area contributed by atoms with Crippen LogP contribution in [-0.2, 0) is 0 Å². The minimum atomic E-state index is -0.488. The Kier molecular flexibility index (Phi) is 5.73. The van der Waals surface area contributed by atoms with Gasteiger partial charge in [-0.25, -0.2) is 9.97 Å². The number of hydrogen-bond acceptors (Lipinski definition) is 8. The van der Waals surface area contributed by atoms with Crippen LogP contribution in [-0.4, -0.2) is 33.5 Å². The zero-order valence-corrected chi connectivity index (χ0v) is 17.4. The van der Waals surface area contributed by atoms with Gasteiger partial charge in [-0.05, 0) is 29.8 Å². The van der Waals surface area contributed by atoms with Crippen LogP contribution in [0.3, 0.4) is 0 Å². The Bertz CT molecular complexity index is 1220. The van der Waals surface area contributed by atoms with Crippen LogP contribution in [0.4, 0.5) is 5.69 Å². The molecular weight excluding hydrogens is 422 g/mol. The summed E-state index contributed by atoms with van der Waals surface area (Å²) in [6.45, 7) is 0. The molecule has 0 aliphatic carbocycles. The van der Waals surface area contributed by atoms with E-state index in [4.69, 9.17) is 4.74 Å². The molecule has 2 heterocycles. The van der Waals surface area contributed by atoms with Crippen LogP contribution >= 0.6 is 23.1 Å². The molecule has 0 amide bonds. The van der Waals surface area contributed by atoms with Crippen LogP contribution in [0.15, 0.2) is 65.3 Å². The number of thioether (sulfide) groups is 1. The third kappa shape index (κ3) is 4.03. The molecule has 9 heteroatoms. The first kappa shape index (κ1) is 20.0. The van der Waals surface area contributed by atoms with Gasteiger partial charge in [0.15, 0.2) is 5.78 Å². The van der Waals surface area contributed by atoms with Crippen molar-refractivity contribution in [3.8, 4) is 16.9 Å². The smallest absolute Gasteiger partial charge is 0.269 e. The number of carbonyl (C=O) groups excluding carboxylic acids is 1. The minimum Gasteiger partial charge on any atom is -0.497 e. The monoisotopic (exact) mass is 437 g/mol. The van der Waals surface area contributed by atoms with E-state index in [1.54, 1.807) is 7.11 Å². The first-order chi connectivity index (χ1) is 14.6. The van der Waals surface area contributed by atoms with Crippen LogP contribution in [0.25, 0.3) is 21.3 Å². The van der Waals surface area contributed by atoms with E-state index in [9.17, 15) is 14.9 Å². The summed E-state index contributed by atoms with van der Waals surface area (Å²) in [5.74, 6) is 0.822.